The van der Waals surface area contributed by atoms with E-state index in [4.69, 9.17) is 4.74 Å². The SMILES string of the molecule is COc1ccc2c(c1)NC1(CC1)CN2. The van der Waals surface area contributed by atoms with Gasteiger partial charge in [0, 0.05) is 12.6 Å². The molecule has 2 N–H and O–H groups in total. The highest BCUT2D eigenvalue weighted by Crippen LogP contribution is 2.44. The van der Waals surface area contributed by atoms with E-state index >= 15 is 0 Å². The van der Waals surface area contributed by atoms with Gasteiger partial charge in [0.2, 0.25) is 0 Å². The number of anilines is 2. The normalized spacial score (nSPS) is 20.6. The van der Waals surface area contributed by atoms with Crippen LogP contribution in [-0.2, 0) is 0 Å². The predicted molar refractivity (Wildman–Crippen MR) is 57.1 cm³/mol. The summed E-state index contributed by atoms with van der Waals surface area (Å²) in [6.45, 7) is 1.05. The Balaban J connectivity index is 1.97. The standard InChI is InChI=1S/C11H14N2O/c1-14-8-2-3-9-10(6-8)13-11(4-5-11)7-12-9/h2-3,6,12-13H,4-5,7H2,1H3. The molecule has 3 rings (SSSR count). The largest absolute Gasteiger partial charge is 0.497 e. The molecule has 14 heavy (non-hydrogen) atoms. The Morgan fingerprint density at radius 2 is 2.14 bits per heavy atom. The molecule has 0 amide bonds. The van der Waals surface area contributed by atoms with Crippen molar-refractivity contribution < 1.29 is 4.74 Å². The highest BCUT2D eigenvalue weighted by molar-refractivity contribution is 5.74. The molecule has 3 heteroatoms. The fraction of sp³-hybridized carbons (Fsp3) is 0.455. The van der Waals surface area contributed by atoms with Gasteiger partial charge in [0.1, 0.15) is 5.75 Å². The van der Waals surface area contributed by atoms with E-state index in [0.29, 0.717) is 5.54 Å². The second-order valence-corrected chi connectivity index (χ2v) is 4.17. The van der Waals surface area contributed by atoms with Gasteiger partial charge in [-0.2, -0.15) is 0 Å². The summed E-state index contributed by atoms with van der Waals surface area (Å²) < 4.78 is 5.20. The number of hydrogen-bond donors (Lipinski definition) is 2. The molecule has 0 radical (unpaired) electrons. The molecular weight excluding hydrogens is 176 g/mol. The van der Waals surface area contributed by atoms with Crippen molar-refractivity contribution in [1.29, 1.82) is 0 Å². The van der Waals surface area contributed by atoms with Gasteiger partial charge in [0.15, 0.2) is 0 Å². The second kappa shape index (κ2) is 2.56. The van der Waals surface area contributed by atoms with Crippen LogP contribution in [0.15, 0.2) is 18.2 Å². The number of fused-ring (bicyclic) bond motifs is 1. The summed E-state index contributed by atoms with van der Waals surface area (Å²) in [6, 6.07) is 6.11. The lowest BCUT2D eigenvalue weighted by molar-refractivity contribution is 0.415. The molecule has 0 unspecified atom stereocenters. The van der Waals surface area contributed by atoms with Crippen LogP contribution in [0.5, 0.6) is 5.75 Å². The number of hydrogen-bond acceptors (Lipinski definition) is 3. The van der Waals surface area contributed by atoms with Crippen molar-refractivity contribution in [1.82, 2.24) is 0 Å². The third kappa shape index (κ3) is 1.12. The van der Waals surface area contributed by atoms with Crippen LogP contribution in [0.2, 0.25) is 0 Å². The van der Waals surface area contributed by atoms with E-state index in [1.807, 2.05) is 6.07 Å². The summed E-state index contributed by atoms with van der Waals surface area (Å²) in [4.78, 5) is 0. The lowest BCUT2D eigenvalue weighted by atomic mass is 10.1. The Kier molecular flexibility index (Phi) is 1.46. The maximum absolute atomic E-state index is 5.20. The highest BCUT2D eigenvalue weighted by Gasteiger charge is 2.44. The van der Waals surface area contributed by atoms with Gasteiger partial charge in [-0.3, -0.25) is 0 Å². The Labute approximate surface area is 83.5 Å². The van der Waals surface area contributed by atoms with Crippen LogP contribution in [0.3, 0.4) is 0 Å². The van der Waals surface area contributed by atoms with Gasteiger partial charge in [0.25, 0.3) is 0 Å². The van der Waals surface area contributed by atoms with Crippen LogP contribution < -0.4 is 15.4 Å². The zero-order valence-electron chi connectivity index (χ0n) is 8.26. The van der Waals surface area contributed by atoms with Crippen LogP contribution in [-0.4, -0.2) is 19.2 Å². The van der Waals surface area contributed by atoms with Crippen LogP contribution in [0, 0.1) is 0 Å². The smallest absolute Gasteiger partial charge is 0.121 e. The summed E-state index contributed by atoms with van der Waals surface area (Å²) in [5.41, 5.74) is 2.70. The van der Waals surface area contributed by atoms with E-state index in [0.717, 1.165) is 12.3 Å². The van der Waals surface area contributed by atoms with Crippen LogP contribution in [0.25, 0.3) is 0 Å². The number of benzene rings is 1. The summed E-state index contributed by atoms with van der Waals surface area (Å²) in [5, 5.41) is 7.03. The van der Waals surface area contributed by atoms with Crippen molar-refractivity contribution >= 4 is 11.4 Å². The first-order valence-electron chi connectivity index (χ1n) is 5.01. The maximum Gasteiger partial charge on any atom is 0.121 e. The summed E-state index contributed by atoms with van der Waals surface area (Å²) in [6.07, 6.45) is 2.55. The Bertz CT molecular complexity index is 372. The molecule has 3 nitrogen and oxygen atoms in total. The van der Waals surface area contributed by atoms with E-state index < -0.39 is 0 Å². The Morgan fingerprint density at radius 3 is 2.86 bits per heavy atom. The van der Waals surface area contributed by atoms with Gasteiger partial charge in [-0.15, -0.1) is 0 Å². The van der Waals surface area contributed by atoms with Crippen molar-refractivity contribution in [3.8, 4) is 5.75 Å². The van der Waals surface area contributed by atoms with Crippen LogP contribution in [0.4, 0.5) is 11.4 Å². The van der Waals surface area contributed by atoms with E-state index in [9.17, 15) is 0 Å². The molecule has 1 heterocycles. The molecule has 0 aromatic heterocycles. The van der Waals surface area contributed by atoms with E-state index in [1.165, 1.54) is 24.2 Å². The fourth-order valence-electron chi connectivity index (χ4n) is 1.95. The summed E-state index contributed by atoms with van der Waals surface area (Å²) >= 11 is 0. The first kappa shape index (κ1) is 7.97. The minimum atomic E-state index is 0.347. The summed E-state index contributed by atoms with van der Waals surface area (Å²) in [5.74, 6) is 0.913. The predicted octanol–water partition coefficient (Wildman–Crippen LogP) is 2.07. The minimum absolute atomic E-state index is 0.347. The zero-order valence-corrected chi connectivity index (χ0v) is 8.26. The monoisotopic (exact) mass is 190 g/mol. The van der Waals surface area contributed by atoms with Gasteiger partial charge in [-0.05, 0) is 25.0 Å². The van der Waals surface area contributed by atoms with E-state index in [-0.39, 0.29) is 0 Å². The topological polar surface area (TPSA) is 33.3 Å². The third-order valence-corrected chi connectivity index (χ3v) is 3.10. The number of methoxy groups -OCH3 is 1. The number of nitrogens with one attached hydrogen (secondary N) is 2. The Morgan fingerprint density at radius 1 is 1.29 bits per heavy atom. The van der Waals surface area contributed by atoms with Gasteiger partial charge in [-0.25, -0.2) is 0 Å². The van der Waals surface area contributed by atoms with Crippen LogP contribution >= 0.6 is 0 Å². The van der Waals surface area contributed by atoms with Crippen molar-refractivity contribution in [3.05, 3.63) is 18.2 Å². The van der Waals surface area contributed by atoms with Gasteiger partial charge in [-0.1, -0.05) is 0 Å². The van der Waals surface area contributed by atoms with Gasteiger partial charge >= 0.3 is 0 Å². The maximum atomic E-state index is 5.20. The average molecular weight is 190 g/mol. The van der Waals surface area contributed by atoms with E-state index in [1.54, 1.807) is 7.11 Å². The van der Waals surface area contributed by atoms with Gasteiger partial charge in [0.05, 0.1) is 24.0 Å². The minimum Gasteiger partial charge on any atom is -0.497 e. The molecule has 1 aliphatic heterocycles. The molecule has 1 fully saturated rings. The van der Waals surface area contributed by atoms with E-state index in [2.05, 4.69) is 22.8 Å². The fourth-order valence-corrected chi connectivity index (χ4v) is 1.95. The van der Waals surface area contributed by atoms with Crippen molar-refractivity contribution in [3.63, 3.8) is 0 Å². The third-order valence-electron chi connectivity index (χ3n) is 3.10. The lowest BCUT2D eigenvalue weighted by Gasteiger charge is -2.28. The van der Waals surface area contributed by atoms with Crippen LogP contribution in [0.1, 0.15) is 12.8 Å². The Hall–Kier alpha value is -1.38. The molecule has 0 atom stereocenters. The molecule has 1 saturated carbocycles. The van der Waals surface area contributed by atoms with Crippen molar-refractivity contribution in [2.75, 3.05) is 24.3 Å². The van der Waals surface area contributed by atoms with Crippen molar-refractivity contribution in [2.45, 2.75) is 18.4 Å². The lowest BCUT2D eigenvalue weighted by Crippen LogP contribution is -2.34. The first-order valence-corrected chi connectivity index (χ1v) is 5.01. The van der Waals surface area contributed by atoms with Gasteiger partial charge < -0.3 is 15.4 Å². The average Bonchev–Trinajstić information content (AvgIpc) is 2.97. The number of ether oxygens (including phenoxy) is 1. The molecule has 1 spiro atoms. The first-order chi connectivity index (χ1) is 6.81. The molecule has 1 aromatic carbocycles. The molecule has 1 aliphatic carbocycles. The second-order valence-electron chi connectivity index (χ2n) is 4.17. The molecular formula is C11H14N2O. The molecule has 74 valence electrons. The molecule has 0 saturated heterocycles. The highest BCUT2D eigenvalue weighted by atomic mass is 16.5. The molecule has 0 bridgehead atoms. The number of rotatable bonds is 1. The van der Waals surface area contributed by atoms with Crippen molar-refractivity contribution in [2.24, 2.45) is 0 Å². The zero-order chi connectivity index (χ0) is 9.60. The quantitative estimate of drug-likeness (QED) is 0.711. The molecule has 2 aliphatic rings. The summed E-state index contributed by atoms with van der Waals surface area (Å²) in [7, 11) is 1.70. The molecule has 1 aromatic rings.